The molecule has 0 spiro atoms. The van der Waals surface area contributed by atoms with Gasteiger partial charge in [0.2, 0.25) is 0 Å². The molecule has 3 rings (SSSR count). The molecule has 4 nitrogen and oxygen atoms in total. The van der Waals surface area contributed by atoms with Crippen LogP contribution >= 0.6 is 35.3 Å². The lowest BCUT2D eigenvalue weighted by molar-refractivity contribution is 0.181. The van der Waals surface area contributed by atoms with Crippen LogP contribution in [0.2, 0.25) is 0 Å². The fourth-order valence-electron chi connectivity index (χ4n) is 3.40. The van der Waals surface area contributed by atoms with E-state index in [1.165, 1.54) is 50.1 Å². The lowest BCUT2D eigenvalue weighted by Crippen LogP contribution is -2.41. The van der Waals surface area contributed by atoms with Crippen LogP contribution in [0.1, 0.15) is 37.0 Å². The second-order valence-electron chi connectivity index (χ2n) is 6.55. The van der Waals surface area contributed by atoms with Crippen LogP contribution in [0.4, 0.5) is 0 Å². The average molecular weight is 448 g/mol. The molecule has 0 bridgehead atoms. The Kier molecular flexibility index (Phi) is 8.12. The number of thiophene rings is 1. The number of rotatable bonds is 4. The summed E-state index contributed by atoms with van der Waals surface area (Å²) in [5.41, 5.74) is 6.15. The van der Waals surface area contributed by atoms with Crippen molar-refractivity contribution in [2.24, 2.45) is 16.6 Å². The second kappa shape index (κ2) is 9.84. The van der Waals surface area contributed by atoms with Crippen molar-refractivity contribution in [1.82, 2.24) is 9.80 Å². The molecule has 2 aliphatic heterocycles. The quantitative estimate of drug-likeness (QED) is 0.437. The summed E-state index contributed by atoms with van der Waals surface area (Å²) >= 11 is 1.86. The van der Waals surface area contributed by atoms with Crippen LogP contribution in [0.15, 0.2) is 22.5 Å². The number of piperidine rings is 2. The van der Waals surface area contributed by atoms with E-state index in [1.54, 1.807) is 0 Å². The third-order valence-electron chi connectivity index (χ3n) is 4.86. The molecule has 0 aromatic carbocycles. The highest BCUT2D eigenvalue weighted by Crippen LogP contribution is 2.21. The third-order valence-corrected chi connectivity index (χ3v) is 5.72. The Hall–Kier alpha value is -0.340. The van der Waals surface area contributed by atoms with Gasteiger partial charge in [0.15, 0.2) is 5.96 Å². The van der Waals surface area contributed by atoms with Crippen LogP contribution in [0, 0.1) is 5.92 Å². The Labute approximate surface area is 161 Å². The van der Waals surface area contributed by atoms with Gasteiger partial charge < -0.3 is 10.6 Å². The number of guanidine groups is 1. The van der Waals surface area contributed by atoms with Gasteiger partial charge in [-0.15, -0.1) is 35.3 Å². The Bertz CT molecular complexity index is 463. The molecular weight excluding hydrogens is 419 g/mol. The molecule has 1 aromatic heterocycles. The Morgan fingerprint density at radius 1 is 1.17 bits per heavy atom. The molecule has 6 heteroatoms. The number of nitrogens with zero attached hydrogens (tertiary/aromatic N) is 3. The van der Waals surface area contributed by atoms with Gasteiger partial charge in [0.25, 0.3) is 0 Å². The molecule has 23 heavy (non-hydrogen) atoms. The van der Waals surface area contributed by atoms with Gasteiger partial charge in [-0.2, -0.15) is 0 Å². The van der Waals surface area contributed by atoms with E-state index in [9.17, 15) is 0 Å². The summed E-state index contributed by atoms with van der Waals surface area (Å²) in [6.45, 7) is 6.60. The van der Waals surface area contributed by atoms with Gasteiger partial charge in [0.05, 0.1) is 0 Å². The van der Waals surface area contributed by atoms with Crippen LogP contribution in [-0.2, 0) is 6.54 Å². The van der Waals surface area contributed by atoms with E-state index in [2.05, 4.69) is 32.3 Å². The molecule has 130 valence electrons. The summed E-state index contributed by atoms with van der Waals surface area (Å²) in [6.07, 6.45) is 6.37. The summed E-state index contributed by atoms with van der Waals surface area (Å²) in [4.78, 5) is 11.0. The minimum absolute atomic E-state index is 0. The number of nitrogens with two attached hydrogens (primary N) is 1. The van der Waals surface area contributed by atoms with Crippen LogP contribution in [0.25, 0.3) is 0 Å². The van der Waals surface area contributed by atoms with E-state index in [0.717, 1.165) is 32.1 Å². The minimum atomic E-state index is 0. The van der Waals surface area contributed by atoms with Gasteiger partial charge in [-0.25, -0.2) is 0 Å². The zero-order valence-corrected chi connectivity index (χ0v) is 17.0. The molecule has 0 amide bonds. The van der Waals surface area contributed by atoms with Crippen molar-refractivity contribution in [2.75, 3.05) is 32.7 Å². The summed E-state index contributed by atoms with van der Waals surface area (Å²) in [7, 11) is 0. The Balaban J connectivity index is 0.00000192. The lowest BCUT2D eigenvalue weighted by atomic mass is 9.97. The van der Waals surface area contributed by atoms with E-state index in [1.807, 2.05) is 11.3 Å². The molecule has 3 heterocycles. The number of hydrogen-bond donors (Lipinski definition) is 1. The largest absolute Gasteiger partial charge is 0.370 e. The first kappa shape index (κ1) is 19.0. The van der Waals surface area contributed by atoms with E-state index in [0.29, 0.717) is 5.92 Å². The van der Waals surface area contributed by atoms with Crippen LogP contribution < -0.4 is 5.73 Å². The first-order valence-corrected chi connectivity index (χ1v) is 9.49. The smallest absolute Gasteiger partial charge is 0.191 e. The number of likely N-dealkylation sites (tertiary alicyclic amines) is 2. The number of hydrogen-bond acceptors (Lipinski definition) is 3. The van der Waals surface area contributed by atoms with E-state index in [4.69, 9.17) is 5.73 Å². The van der Waals surface area contributed by atoms with Crippen LogP contribution in [0.3, 0.4) is 0 Å². The van der Waals surface area contributed by atoms with Crippen molar-refractivity contribution in [3.8, 4) is 0 Å². The maximum Gasteiger partial charge on any atom is 0.191 e. The van der Waals surface area contributed by atoms with Gasteiger partial charge >= 0.3 is 0 Å². The summed E-state index contributed by atoms with van der Waals surface area (Å²) in [5.74, 6) is 1.49. The van der Waals surface area contributed by atoms with Crippen molar-refractivity contribution in [3.63, 3.8) is 0 Å². The zero-order valence-electron chi connectivity index (χ0n) is 13.8. The fraction of sp³-hybridized carbons (Fsp3) is 0.706. The molecule has 0 radical (unpaired) electrons. The predicted molar refractivity (Wildman–Crippen MR) is 110 cm³/mol. The average Bonchev–Trinajstić information content (AvgIpc) is 3.08. The van der Waals surface area contributed by atoms with Crippen molar-refractivity contribution >= 4 is 41.3 Å². The fourth-order valence-corrected chi connectivity index (χ4v) is 4.14. The molecule has 0 atom stereocenters. The van der Waals surface area contributed by atoms with Crippen LogP contribution in [0.5, 0.6) is 0 Å². The van der Waals surface area contributed by atoms with Gasteiger partial charge in [-0.05, 0) is 62.6 Å². The second-order valence-corrected chi connectivity index (χ2v) is 7.58. The summed E-state index contributed by atoms with van der Waals surface area (Å²) in [6, 6.07) is 4.38. The molecule has 2 N–H and O–H groups in total. The van der Waals surface area contributed by atoms with Crippen molar-refractivity contribution in [3.05, 3.63) is 22.4 Å². The van der Waals surface area contributed by atoms with Gasteiger partial charge in [-0.3, -0.25) is 9.89 Å². The molecule has 2 saturated heterocycles. The summed E-state index contributed by atoms with van der Waals surface area (Å²) < 4.78 is 0. The molecule has 0 saturated carbocycles. The zero-order chi connectivity index (χ0) is 15.2. The molecule has 1 aromatic rings. The highest BCUT2D eigenvalue weighted by Gasteiger charge is 2.20. The van der Waals surface area contributed by atoms with E-state index in [-0.39, 0.29) is 24.0 Å². The highest BCUT2D eigenvalue weighted by atomic mass is 127. The minimum Gasteiger partial charge on any atom is -0.370 e. The van der Waals surface area contributed by atoms with E-state index < -0.39 is 0 Å². The Morgan fingerprint density at radius 2 is 1.91 bits per heavy atom. The maximum atomic E-state index is 6.15. The standard InChI is InChI=1S/C17H28N4S.HI/c18-17(21-8-2-1-3-9-21)19-13-15-6-10-20(11-7-15)14-16-5-4-12-22-16;/h4-5,12,15H,1-3,6-11,13-14H2,(H2,18,19);1H. The summed E-state index contributed by atoms with van der Waals surface area (Å²) in [5, 5.41) is 2.17. The normalized spacial score (nSPS) is 21.2. The monoisotopic (exact) mass is 448 g/mol. The topological polar surface area (TPSA) is 44.9 Å². The molecule has 2 fully saturated rings. The first-order chi connectivity index (χ1) is 10.8. The lowest BCUT2D eigenvalue weighted by Gasteiger charge is -2.31. The van der Waals surface area contributed by atoms with Crippen molar-refractivity contribution in [1.29, 1.82) is 0 Å². The third kappa shape index (κ3) is 5.90. The highest BCUT2D eigenvalue weighted by molar-refractivity contribution is 14.0. The molecule has 0 aliphatic carbocycles. The van der Waals surface area contributed by atoms with Gasteiger partial charge in [0, 0.05) is 31.1 Å². The number of aliphatic imine (C=N–C) groups is 1. The first-order valence-electron chi connectivity index (χ1n) is 8.61. The Morgan fingerprint density at radius 3 is 2.57 bits per heavy atom. The van der Waals surface area contributed by atoms with E-state index >= 15 is 0 Å². The van der Waals surface area contributed by atoms with Gasteiger partial charge in [0.1, 0.15) is 0 Å². The number of halogens is 1. The SMILES string of the molecule is I.NC(=NCC1CCN(Cc2cccs2)CC1)N1CCCCC1. The molecular formula is C17H29IN4S. The van der Waals surface area contributed by atoms with Gasteiger partial charge in [-0.1, -0.05) is 6.07 Å². The molecule has 0 unspecified atom stereocenters. The van der Waals surface area contributed by atoms with Crippen LogP contribution in [-0.4, -0.2) is 48.5 Å². The maximum absolute atomic E-state index is 6.15. The molecule has 2 aliphatic rings. The predicted octanol–water partition coefficient (Wildman–Crippen LogP) is 3.38. The van der Waals surface area contributed by atoms with Crippen molar-refractivity contribution in [2.45, 2.75) is 38.6 Å². The van der Waals surface area contributed by atoms with Crippen molar-refractivity contribution < 1.29 is 0 Å².